The first-order valence-electron chi connectivity index (χ1n) is 7.65. The number of rotatable bonds is 8. The lowest BCUT2D eigenvalue weighted by molar-refractivity contribution is -0.147. The molecule has 1 heterocycles. The topological polar surface area (TPSA) is 49.4 Å². The van der Waals surface area contributed by atoms with Crippen LogP contribution in [0, 0.1) is 5.92 Å². The van der Waals surface area contributed by atoms with Gasteiger partial charge in [0.05, 0.1) is 6.54 Å². The van der Waals surface area contributed by atoms with Gasteiger partial charge in [0.15, 0.2) is 0 Å². The third-order valence-electron chi connectivity index (χ3n) is 3.72. The molecule has 1 aliphatic heterocycles. The van der Waals surface area contributed by atoms with Gasteiger partial charge in [-0.15, -0.1) is 0 Å². The predicted octanol–water partition coefficient (Wildman–Crippen LogP) is 2.33. The smallest absolute Gasteiger partial charge is 0.243 e. The Hall–Kier alpha value is -1.06. The van der Waals surface area contributed by atoms with E-state index in [4.69, 9.17) is 0 Å². The number of carbonyl (C=O) groups excluding carboxylic acids is 2. The molecule has 0 saturated carbocycles. The second-order valence-electron chi connectivity index (χ2n) is 5.76. The Labute approximate surface area is 116 Å². The summed E-state index contributed by atoms with van der Waals surface area (Å²) in [5, 5.41) is 2.68. The first-order chi connectivity index (χ1) is 9.07. The second kappa shape index (κ2) is 8.18. The lowest BCUT2D eigenvalue weighted by Crippen LogP contribution is -2.60. The summed E-state index contributed by atoms with van der Waals surface area (Å²) in [5.74, 6) is 0.233. The van der Waals surface area contributed by atoms with Crippen LogP contribution in [0.1, 0.15) is 59.3 Å². The second-order valence-corrected chi connectivity index (χ2v) is 5.76. The average Bonchev–Trinajstić information content (AvgIpc) is 2.37. The van der Waals surface area contributed by atoms with Gasteiger partial charge in [-0.1, -0.05) is 52.9 Å². The summed E-state index contributed by atoms with van der Waals surface area (Å²) in [6, 6.07) is -0.281. The number of unbranched alkanes of at least 4 members (excludes halogenated alkanes) is 5. The van der Waals surface area contributed by atoms with Crippen LogP contribution >= 0.6 is 0 Å². The van der Waals surface area contributed by atoms with Crippen molar-refractivity contribution in [3.63, 3.8) is 0 Å². The van der Waals surface area contributed by atoms with E-state index in [0.29, 0.717) is 0 Å². The fourth-order valence-corrected chi connectivity index (χ4v) is 2.65. The number of nitrogens with one attached hydrogen (secondary N) is 1. The zero-order valence-electron chi connectivity index (χ0n) is 12.6. The van der Waals surface area contributed by atoms with Crippen molar-refractivity contribution in [2.24, 2.45) is 5.92 Å². The molecular formula is C15H28N2O2. The molecule has 0 aromatic heterocycles. The molecule has 4 heteroatoms. The summed E-state index contributed by atoms with van der Waals surface area (Å²) < 4.78 is 0. The summed E-state index contributed by atoms with van der Waals surface area (Å²) in [4.78, 5) is 25.6. The van der Waals surface area contributed by atoms with Crippen molar-refractivity contribution in [2.75, 3.05) is 13.1 Å². The summed E-state index contributed by atoms with van der Waals surface area (Å²) in [7, 11) is 0. The van der Waals surface area contributed by atoms with Gasteiger partial charge in [-0.05, 0) is 12.3 Å². The van der Waals surface area contributed by atoms with E-state index in [1.165, 1.54) is 25.7 Å². The van der Waals surface area contributed by atoms with Crippen LogP contribution < -0.4 is 5.32 Å². The molecule has 1 N–H and O–H groups in total. The number of hydrogen-bond acceptors (Lipinski definition) is 2. The Kier molecular flexibility index (Phi) is 6.89. The van der Waals surface area contributed by atoms with Crippen molar-refractivity contribution in [3.8, 4) is 0 Å². The molecule has 110 valence electrons. The highest BCUT2D eigenvalue weighted by atomic mass is 16.2. The maximum atomic E-state index is 11.9. The molecule has 0 radical (unpaired) electrons. The summed E-state index contributed by atoms with van der Waals surface area (Å²) >= 11 is 0. The lowest BCUT2D eigenvalue weighted by atomic mass is 9.99. The molecule has 0 aromatic carbocycles. The van der Waals surface area contributed by atoms with Gasteiger partial charge in [0.1, 0.15) is 6.04 Å². The standard InChI is InChI=1S/C15H28N2O2/c1-4-5-6-7-8-9-10-17-13(18)11-16-15(19)14(17)12(2)3/h12,14H,4-11H2,1-3H3,(H,16,19). The summed E-state index contributed by atoms with van der Waals surface area (Å²) in [6.45, 7) is 7.09. The van der Waals surface area contributed by atoms with Crippen molar-refractivity contribution < 1.29 is 9.59 Å². The third-order valence-corrected chi connectivity index (χ3v) is 3.72. The zero-order valence-corrected chi connectivity index (χ0v) is 12.6. The maximum Gasteiger partial charge on any atom is 0.243 e. The van der Waals surface area contributed by atoms with Gasteiger partial charge in [0, 0.05) is 6.54 Å². The van der Waals surface area contributed by atoms with Crippen LogP contribution in [0.25, 0.3) is 0 Å². The van der Waals surface area contributed by atoms with Crippen LogP contribution in [0.3, 0.4) is 0 Å². The number of carbonyl (C=O) groups is 2. The Bertz CT molecular complexity index is 303. The first-order valence-corrected chi connectivity index (χ1v) is 7.65. The van der Waals surface area contributed by atoms with Crippen molar-refractivity contribution in [2.45, 2.75) is 65.3 Å². The van der Waals surface area contributed by atoms with E-state index < -0.39 is 0 Å². The number of hydrogen-bond donors (Lipinski definition) is 1. The van der Waals surface area contributed by atoms with E-state index in [1.807, 2.05) is 13.8 Å². The highest BCUT2D eigenvalue weighted by Crippen LogP contribution is 2.16. The molecule has 2 amide bonds. The maximum absolute atomic E-state index is 11.9. The molecular weight excluding hydrogens is 240 g/mol. The molecule has 1 unspecified atom stereocenters. The highest BCUT2D eigenvalue weighted by molar-refractivity contribution is 5.94. The Morgan fingerprint density at radius 2 is 1.79 bits per heavy atom. The molecule has 1 atom stereocenters. The molecule has 0 bridgehead atoms. The van der Waals surface area contributed by atoms with Gasteiger partial charge < -0.3 is 10.2 Å². The minimum atomic E-state index is -0.281. The molecule has 1 aliphatic rings. The third kappa shape index (κ3) is 4.84. The zero-order chi connectivity index (χ0) is 14.3. The van der Waals surface area contributed by atoms with Crippen molar-refractivity contribution in [3.05, 3.63) is 0 Å². The van der Waals surface area contributed by atoms with Crippen LogP contribution in [0.15, 0.2) is 0 Å². The Morgan fingerprint density at radius 1 is 1.16 bits per heavy atom. The van der Waals surface area contributed by atoms with E-state index in [0.717, 1.165) is 19.4 Å². The van der Waals surface area contributed by atoms with E-state index in [2.05, 4.69) is 12.2 Å². The summed E-state index contributed by atoms with van der Waals surface area (Å²) in [5.41, 5.74) is 0. The average molecular weight is 268 g/mol. The van der Waals surface area contributed by atoms with Crippen LogP contribution in [-0.2, 0) is 9.59 Å². The van der Waals surface area contributed by atoms with Gasteiger partial charge >= 0.3 is 0 Å². The van der Waals surface area contributed by atoms with Gasteiger partial charge in [0.25, 0.3) is 0 Å². The molecule has 1 fully saturated rings. The number of amides is 2. The van der Waals surface area contributed by atoms with E-state index in [9.17, 15) is 9.59 Å². The molecule has 0 aromatic rings. The lowest BCUT2D eigenvalue weighted by Gasteiger charge is -2.37. The first kappa shape index (κ1) is 16.0. The van der Waals surface area contributed by atoms with Crippen LogP contribution in [0.5, 0.6) is 0 Å². The molecule has 1 saturated heterocycles. The highest BCUT2D eigenvalue weighted by Gasteiger charge is 2.35. The van der Waals surface area contributed by atoms with Crippen LogP contribution in [-0.4, -0.2) is 35.8 Å². The molecule has 0 aliphatic carbocycles. The van der Waals surface area contributed by atoms with Gasteiger partial charge in [-0.2, -0.15) is 0 Å². The molecule has 19 heavy (non-hydrogen) atoms. The predicted molar refractivity (Wildman–Crippen MR) is 76.7 cm³/mol. The Morgan fingerprint density at radius 3 is 2.42 bits per heavy atom. The fourth-order valence-electron chi connectivity index (χ4n) is 2.65. The van der Waals surface area contributed by atoms with Crippen molar-refractivity contribution >= 4 is 11.8 Å². The van der Waals surface area contributed by atoms with E-state index in [1.54, 1.807) is 4.90 Å². The van der Waals surface area contributed by atoms with E-state index >= 15 is 0 Å². The molecule has 1 rings (SSSR count). The Balaban J connectivity index is 2.39. The van der Waals surface area contributed by atoms with Gasteiger partial charge in [-0.3, -0.25) is 9.59 Å². The largest absolute Gasteiger partial charge is 0.345 e. The molecule has 0 spiro atoms. The van der Waals surface area contributed by atoms with Gasteiger partial charge in [-0.25, -0.2) is 0 Å². The fraction of sp³-hybridized carbons (Fsp3) is 0.867. The number of nitrogens with zero attached hydrogens (tertiary/aromatic N) is 1. The quantitative estimate of drug-likeness (QED) is 0.687. The van der Waals surface area contributed by atoms with Gasteiger partial charge in [0.2, 0.25) is 11.8 Å². The monoisotopic (exact) mass is 268 g/mol. The van der Waals surface area contributed by atoms with Crippen molar-refractivity contribution in [1.82, 2.24) is 10.2 Å². The minimum Gasteiger partial charge on any atom is -0.345 e. The van der Waals surface area contributed by atoms with Crippen molar-refractivity contribution in [1.29, 1.82) is 0 Å². The normalized spacial score (nSPS) is 20.0. The summed E-state index contributed by atoms with van der Waals surface area (Å²) in [6.07, 6.45) is 7.20. The van der Waals surface area contributed by atoms with Crippen LogP contribution in [0.2, 0.25) is 0 Å². The molecule has 4 nitrogen and oxygen atoms in total. The van der Waals surface area contributed by atoms with Crippen LogP contribution in [0.4, 0.5) is 0 Å². The number of piperazine rings is 1. The van der Waals surface area contributed by atoms with E-state index in [-0.39, 0.29) is 30.3 Å². The SMILES string of the molecule is CCCCCCCCN1C(=O)CNC(=O)C1C(C)C. The minimum absolute atomic E-state index is 0.000540.